The number of nitrogens with one attached hydrogen (secondary N) is 1. The van der Waals surface area contributed by atoms with E-state index in [0.29, 0.717) is 44.2 Å². The van der Waals surface area contributed by atoms with Crippen molar-refractivity contribution in [3.8, 4) is 0 Å². The van der Waals surface area contributed by atoms with Gasteiger partial charge >= 0.3 is 0 Å². The van der Waals surface area contributed by atoms with Crippen molar-refractivity contribution in [2.75, 3.05) is 6.54 Å². The fourth-order valence-electron chi connectivity index (χ4n) is 4.50. The number of sulfonamides is 1. The summed E-state index contributed by atoms with van der Waals surface area (Å²) >= 11 is 0. The van der Waals surface area contributed by atoms with E-state index in [9.17, 15) is 8.42 Å². The van der Waals surface area contributed by atoms with Crippen LogP contribution < -0.4 is 10.5 Å². The van der Waals surface area contributed by atoms with E-state index in [-0.39, 0.29) is 10.8 Å². The minimum absolute atomic E-state index is 0.0383. The Balaban J connectivity index is 1.33. The highest BCUT2D eigenvalue weighted by Crippen LogP contribution is 2.44. The number of halogens is 1. The molecule has 0 bridgehead atoms. The lowest BCUT2D eigenvalue weighted by Gasteiger charge is -2.35. The minimum atomic E-state index is -3.76. The molecule has 2 aliphatic carbocycles. The summed E-state index contributed by atoms with van der Waals surface area (Å²) in [5, 5.41) is 8.77. The Morgan fingerprint density at radius 3 is 2.36 bits per heavy atom. The molecular weight excluding hydrogens is 375 g/mol. The van der Waals surface area contributed by atoms with Gasteiger partial charge in [0.05, 0.1) is 4.90 Å². The SMILES string of the molecule is NS(=O)(=O)c1ccccc1C1CCC(F)(CNC2CC2c2ccccc2)CC1. The van der Waals surface area contributed by atoms with Gasteiger partial charge in [-0.2, -0.15) is 0 Å². The fourth-order valence-corrected chi connectivity index (χ4v) is 5.33. The molecule has 2 atom stereocenters. The first kappa shape index (κ1) is 19.6. The molecule has 0 amide bonds. The van der Waals surface area contributed by atoms with Gasteiger partial charge in [0, 0.05) is 18.5 Å². The van der Waals surface area contributed by atoms with E-state index in [1.807, 2.05) is 30.3 Å². The monoisotopic (exact) mass is 402 g/mol. The molecule has 4 rings (SSSR count). The molecule has 2 aromatic rings. The van der Waals surface area contributed by atoms with Gasteiger partial charge < -0.3 is 5.32 Å². The number of alkyl halides is 1. The summed E-state index contributed by atoms with van der Waals surface area (Å²) in [5.41, 5.74) is 0.819. The van der Waals surface area contributed by atoms with Gasteiger partial charge in [-0.15, -0.1) is 0 Å². The second-order valence-electron chi connectivity index (χ2n) is 8.25. The van der Waals surface area contributed by atoms with Gasteiger partial charge in [-0.1, -0.05) is 48.5 Å². The van der Waals surface area contributed by atoms with Gasteiger partial charge in [0.15, 0.2) is 0 Å². The van der Waals surface area contributed by atoms with Crippen molar-refractivity contribution in [3.05, 3.63) is 65.7 Å². The molecule has 2 fully saturated rings. The summed E-state index contributed by atoms with van der Waals surface area (Å²) in [5.74, 6) is 0.527. The second kappa shape index (κ2) is 7.58. The molecule has 3 N–H and O–H groups in total. The molecule has 0 heterocycles. The van der Waals surface area contributed by atoms with Crippen LogP contribution in [0.3, 0.4) is 0 Å². The fraction of sp³-hybridized carbons (Fsp3) is 0.455. The average molecular weight is 403 g/mol. The summed E-state index contributed by atoms with van der Waals surface area (Å²) in [7, 11) is -3.76. The van der Waals surface area contributed by atoms with Gasteiger partial charge in [-0.05, 0) is 55.2 Å². The van der Waals surface area contributed by atoms with Crippen LogP contribution in [0.15, 0.2) is 59.5 Å². The molecule has 6 heteroatoms. The summed E-state index contributed by atoms with van der Waals surface area (Å²) in [6.45, 7) is 0.366. The lowest BCUT2D eigenvalue weighted by atomic mass is 9.77. The van der Waals surface area contributed by atoms with Crippen molar-refractivity contribution in [2.45, 2.75) is 60.5 Å². The largest absolute Gasteiger partial charge is 0.310 e. The van der Waals surface area contributed by atoms with Crippen LogP contribution in [-0.2, 0) is 10.0 Å². The summed E-state index contributed by atoms with van der Waals surface area (Å²) in [4.78, 5) is 0.174. The summed E-state index contributed by atoms with van der Waals surface area (Å²) in [6, 6.07) is 17.6. The molecule has 0 aliphatic heterocycles. The van der Waals surface area contributed by atoms with Crippen LogP contribution in [0.4, 0.5) is 4.39 Å². The van der Waals surface area contributed by atoms with E-state index in [1.165, 1.54) is 5.56 Å². The van der Waals surface area contributed by atoms with Crippen molar-refractivity contribution >= 4 is 10.0 Å². The van der Waals surface area contributed by atoms with E-state index in [0.717, 1.165) is 12.0 Å². The highest BCUT2D eigenvalue weighted by Gasteiger charge is 2.42. The maximum atomic E-state index is 15.3. The molecule has 2 unspecified atom stereocenters. The Kier molecular flexibility index (Phi) is 5.29. The Hall–Kier alpha value is -1.76. The Labute approximate surface area is 166 Å². The average Bonchev–Trinajstić information content (AvgIpc) is 3.47. The topological polar surface area (TPSA) is 72.2 Å². The zero-order chi connectivity index (χ0) is 19.8. The lowest BCUT2D eigenvalue weighted by Crippen LogP contribution is -2.40. The second-order valence-corrected chi connectivity index (χ2v) is 9.78. The first-order valence-corrected chi connectivity index (χ1v) is 11.5. The molecule has 2 saturated carbocycles. The quantitative estimate of drug-likeness (QED) is 0.771. The van der Waals surface area contributed by atoms with Gasteiger partial charge in [-0.25, -0.2) is 17.9 Å². The smallest absolute Gasteiger partial charge is 0.238 e. The van der Waals surface area contributed by atoms with Crippen molar-refractivity contribution < 1.29 is 12.8 Å². The highest BCUT2D eigenvalue weighted by molar-refractivity contribution is 7.89. The van der Waals surface area contributed by atoms with E-state index >= 15 is 4.39 Å². The maximum absolute atomic E-state index is 15.3. The van der Waals surface area contributed by atoms with E-state index in [4.69, 9.17) is 5.14 Å². The Morgan fingerprint density at radius 2 is 1.68 bits per heavy atom. The normalized spacial score (nSPS) is 30.1. The molecule has 0 aromatic heterocycles. The van der Waals surface area contributed by atoms with Crippen molar-refractivity contribution in [1.82, 2.24) is 5.32 Å². The molecule has 0 saturated heterocycles. The predicted octanol–water partition coefficient (Wildman–Crippen LogP) is 3.85. The predicted molar refractivity (Wildman–Crippen MR) is 108 cm³/mol. The Morgan fingerprint density at radius 1 is 1.04 bits per heavy atom. The lowest BCUT2D eigenvalue weighted by molar-refractivity contribution is 0.0960. The molecule has 28 heavy (non-hydrogen) atoms. The maximum Gasteiger partial charge on any atom is 0.238 e. The molecule has 4 nitrogen and oxygen atoms in total. The van der Waals surface area contributed by atoms with Crippen LogP contribution in [-0.4, -0.2) is 26.7 Å². The zero-order valence-electron chi connectivity index (χ0n) is 15.9. The molecule has 150 valence electrons. The van der Waals surface area contributed by atoms with E-state index in [2.05, 4.69) is 17.4 Å². The van der Waals surface area contributed by atoms with Gasteiger partial charge in [0.1, 0.15) is 5.67 Å². The molecule has 2 aromatic carbocycles. The van der Waals surface area contributed by atoms with Gasteiger partial charge in [0.2, 0.25) is 10.0 Å². The highest BCUT2D eigenvalue weighted by atomic mass is 32.2. The standard InChI is InChI=1S/C22H27FN2O2S/c23-22(15-25-20-14-19(20)16-6-2-1-3-7-16)12-10-17(11-13-22)18-8-4-5-9-21(18)28(24,26)27/h1-9,17,19-20,25H,10-15H2,(H2,24,26,27). The van der Waals surface area contributed by atoms with Crippen molar-refractivity contribution in [2.24, 2.45) is 5.14 Å². The van der Waals surface area contributed by atoms with Crippen LogP contribution in [0.2, 0.25) is 0 Å². The van der Waals surface area contributed by atoms with Crippen molar-refractivity contribution in [1.29, 1.82) is 0 Å². The Bertz CT molecular complexity index is 925. The third-order valence-electron chi connectivity index (χ3n) is 6.25. The molecular formula is C22H27FN2O2S. The molecule has 0 spiro atoms. The van der Waals surface area contributed by atoms with Crippen LogP contribution in [0, 0.1) is 0 Å². The molecule has 2 aliphatic rings. The van der Waals surface area contributed by atoms with Crippen LogP contribution >= 0.6 is 0 Å². The third-order valence-corrected chi connectivity index (χ3v) is 7.23. The number of hydrogen-bond acceptors (Lipinski definition) is 3. The van der Waals surface area contributed by atoms with Gasteiger partial charge in [-0.3, -0.25) is 0 Å². The van der Waals surface area contributed by atoms with Crippen LogP contribution in [0.5, 0.6) is 0 Å². The van der Waals surface area contributed by atoms with Crippen LogP contribution in [0.25, 0.3) is 0 Å². The summed E-state index contributed by atoms with van der Waals surface area (Å²) in [6.07, 6.45) is 3.21. The third kappa shape index (κ3) is 4.29. The number of rotatable bonds is 6. The number of hydrogen-bond donors (Lipinski definition) is 2. The van der Waals surface area contributed by atoms with E-state index in [1.54, 1.807) is 12.1 Å². The first-order chi connectivity index (χ1) is 13.4. The van der Waals surface area contributed by atoms with Gasteiger partial charge in [0.25, 0.3) is 0 Å². The first-order valence-electron chi connectivity index (χ1n) is 9.95. The molecule has 0 radical (unpaired) electrons. The number of primary sulfonamides is 1. The van der Waals surface area contributed by atoms with E-state index < -0.39 is 15.7 Å². The minimum Gasteiger partial charge on any atom is -0.310 e. The van der Waals surface area contributed by atoms with Crippen LogP contribution in [0.1, 0.15) is 55.1 Å². The summed E-state index contributed by atoms with van der Waals surface area (Å²) < 4.78 is 39.0. The number of nitrogens with two attached hydrogens (primary N) is 1. The van der Waals surface area contributed by atoms with Crippen molar-refractivity contribution in [3.63, 3.8) is 0 Å². The number of benzene rings is 2. The zero-order valence-corrected chi connectivity index (χ0v) is 16.7.